The van der Waals surface area contributed by atoms with E-state index in [1.807, 2.05) is 37.3 Å². The number of amides is 1. The van der Waals surface area contributed by atoms with Crippen LogP contribution in [0.15, 0.2) is 48.9 Å². The molecule has 31 heavy (non-hydrogen) atoms. The van der Waals surface area contributed by atoms with E-state index in [0.717, 1.165) is 54.4 Å². The highest BCUT2D eigenvalue weighted by molar-refractivity contribution is 6.09. The molecule has 0 spiro atoms. The molecule has 7 nitrogen and oxygen atoms in total. The van der Waals surface area contributed by atoms with Gasteiger partial charge in [0.2, 0.25) is 0 Å². The van der Waals surface area contributed by atoms with Crippen molar-refractivity contribution >= 4 is 23.0 Å². The molecule has 2 aliphatic rings. The van der Waals surface area contributed by atoms with Gasteiger partial charge in [-0.15, -0.1) is 0 Å². The Bertz CT molecular complexity index is 1010. The van der Waals surface area contributed by atoms with Crippen LogP contribution in [0.25, 0.3) is 5.57 Å². The second-order valence-electron chi connectivity index (χ2n) is 8.07. The van der Waals surface area contributed by atoms with E-state index in [1.165, 1.54) is 0 Å². The number of aliphatic hydroxyl groups is 1. The van der Waals surface area contributed by atoms with Crippen LogP contribution in [0.2, 0.25) is 0 Å². The van der Waals surface area contributed by atoms with Crippen molar-refractivity contribution in [2.45, 2.75) is 26.3 Å². The van der Waals surface area contributed by atoms with Crippen LogP contribution >= 0.6 is 0 Å². The van der Waals surface area contributed by atoms with Crippen LogP contribution in [0.3, 0.4) is 0 Å². The summed E-state index contributed by atoms with van der Waals surface area (Å²) in [7, 11) is 1.58. The van der Waals surface area contributed by atoms with Crippen molar-refractivity contribution in [3.8, 4) is 0 Å². The van der Waals surface area contributed by atoms with Crippen LogP contribution in [-0.2, 0) is 11.3 Å². The Hall–Kier alpha value is -3.19. The molecule has 1 N–H and O–H groups in total. The lowest BCUT2D eigenvalue weighted by Crippen LogP contribution is -2.35. The van der Waals surface area contributed by atoms with Gasteiger partial charge in [0.25, 0.3) is 5.91 Å². The fraction of sp³-hybridized carbons (Fsp3) is 0.375. The first-order valence-electron chi connectivity index (χ1n) is 10.6. The van der Waals surface area contributed by atoms with E-state index in [0.29, 0.717) is 23.8 Å². The van der Waals surface area contributed by atoms with Crippen molar-refractivity contribution in [2.75, 3.05) is 36.6 Å². The van der Waals surface area contributed by atoms with Crippen molar-refractivity contribution in [1.82, 2.24) is 9.97 Å². The number of pyridine rings is 2. The normalized spacial score (nSPS) is 17.1. The largest absolute Gasteiger partial charge is 0.497 e. The van der Waals surface area contributed by atoms with E-state index in [1.54, 1.807) is 18.2 Å². The molecule has 7 heteroatoms. The molecule has 0 aromatic carbocycles. The van der Waals surface area contributed by atoms with E-state index in [2.05, 4.69) is 16.5 Å². The number of methoxy groups -OCH3 is 1. The Labute approximate surface area is 182 Å². The van der Waals surface area contributed by atoms with Gasteiger partial charge in [0.15, 0.2) is 0 Å². The smallest absolute Gasteiger partial charge is 0.260 e. The number of aromatic nitrogens is 2. The lowest BCUT2D eigenvalue weighted by atomic mass is 9.98. The first-order chi connectivity index (χ1) is 15.0. The summed E-state index contributed by atoms with van der Waals surface area (Å²) in [5.41, 5.74) is 3.87. The van der Waals surface area contributed by atoms with Crippen molar-refractivity contribution in [3.05, 3.63) is 65.8 Å². The third-order valence-electron chi connectivity index (χ3n) is 6.04. The van der Waals surface area contributed by atoms with Crippen LogP contribution in [0.4, 0.5) is 11.5 Å². The summed E-state index contributed by atoms with van der Waals surface area (Å²) in [5.74, 6) is 1.79. The summed E-state index contributed by atoms with van der Waals surface area (Å²) in [6, 6.07) is 7.60. The molecule has 4 heterocycles. The number of piperidine rings is 1. The Balaban J connectivity index is 1.48. The number of hydrogen-bond donors (Lipinski definition) is 1. The van der Waals surface area contributed by atoms with Crippen LogP contribution in [0, 0.1) is 5.92 Å². The van der Waals surface area contributed by atoms with E-state index in [9.17, 15) is 9.90 Å². The first-order valence-corrected chi connectivity index (χ1v) is 10.6. The van der Waals surface area contributed by atoms with Crippen molar-refractivity contribution < 1.29 is 14.6 Å². The molecule has 1 saturated heterocycles. The quantitative estimate of drug-likeness (QED) is 0.570. The number of rotatable bonds is 6. The fourth-order valence-corrected chi connectivity index (χ4v) is 4.06. The second kappa shape index (κ2) is 8.89. The highest BCUT2D eigenvalue weighted by atomic mass is 16.5. The Kier molecular flexibility index (Phi) is 6.04. The third kappa shape index (κ3) is 4.32. The highest BCUT2D eigenvalue weighted by Gasteiger charge is 2.30. The summed E-state index contributed by atoms with van der Waals surface area (Å²) in [5, 5.41) is 9.31. The lowest BCUT2D eigenvalue weighted by molar-refractivity contribution is 0.0996. The maximum atomic E-state index is 12.9. The molecule has 0 unspecified atom stereocenters. The number of allylic oxidation sites excluding steroid dienone is 2. The summed E-state index contributed by atoms with van der Waals surface area (Å²) in [6.45, 7) is 8.21. The molecule has 162 valence electrons. The maximum Gasteiger partial charge on any atom is 0.260 e. The fourth-order valence-electron chi connectivity index (χ4n) is 4.06. The zero-order valence-corrected chi connectivity index (χ0v) is 18.0. The average Bonchev–Trinajstić information content (AvgIpc) is 3.14. The van der Waals surface area contributed by atoms with Crippen molar-refractivity contribution in [1.29, 1.82) is 0 Å². The molecule has 1 amide bonds. The Morgan fingerprint density at radius 3 is 2.71 bits per heavy atom. The van der Waals surface area contributed by atoms with Gasteiger partial charge >= 0.3 is 0 Å². The number of anilines is 2. The molecule has 0 saturated carbocycles. The highest BCUT2D eigenvalue weighted by Crippen LogP contribution is 2.30. The minimum absolute atomic E-state index is 0.0599. The van der Waals surface area contributed by atoms with Gasteiger partial charge < -0.3 is 19.6 Å². The molecule has 1 fully saturated rings. The summed E-state index contributed by atoms with van der Waals surface area (Å²) < 4.78 is 5.11. The molecule has 2 aliphatic heterocycles. The first kappa shape index (κ1) is 21.1. The molecule has 4 rings (SSSR count). The minimum Gasteiger partial charge on any atom is -0.497 e. The number of nitrogens with zero attached hydrogens (tertiary/aromatic N) is 4. The maximum absolute atomic E-state index is 12.9. The SMILES string of the molecule is C=C(/C=C(\C)c1ccc2c(n1)CN(c1ccc(N3CCC(CO)CC3)nc1)C2=O)OC. The van der Waals surface area contributed by atoms with Gasteiger partial charge in [0, 0.05) is 19.7 Å². The predicted molar refractivity (Wildman–Crippen MR) is 121 cm³/mol. The number of hydrogen-bond acceptors (Lipinski definition) is 6. The third-order valence-corrected chi connectivity index (χ3v) is 6.04. The van der Waals surface area contributed by atoms with Crippen molar-refractivity contribution in [3.63, 3.8) is 0 Å². The van der Waals surface area contributed by atoms with Crippen LogP contribution < -0.4 is 9.80 Å². The molecular formula is C24H28N4O3. The van der Waals surface area contributed by atoms with Gasteiger partial charge in [-0.3, -0.25) is 9.78 Å². The second-order valence-corrected chi connectivity index (χ2v) is 8.07. The molecule has 0 atom stereocenters. The topological polar surface area (TPSA) is 78.8 Å². The summed E-state index contributed by atoms with van der Waals surface area (Å²) >= 11 is 0. The van der Waals surface area contributed by atoms with Gasteiger partial charge in [-0.2, -0.15) is 0 Å². The predicted octanol–water partition coefficient (Wildman–Crippen LogP) is 3.41. The van der Waals surface area contributed by atoms with E-state index in [4.69, 9.17) is 9.72 Å². The summed E-state index contributed by atoms with van der Waals surface area (Å²) in [4.78, 5) is 26.2. The molecule has 0 radical (unpaired) electrons. The molecule has 2 aromatic rings. The van der Waals surface area contributed by atoms with Gasteiger partial charge in [-0.05, 0) is 61.6 Å². The average molecular weight is 421 g/mol. The van der Waals surface area contributed by atoms with E-state index >= 15 is 0 Å². The number of carbonyl (C=O) groups excluding carboxylic acids is 1. The van der Waals surface area contributed by atoms with Crippen LogP contribution in [-0.4, -0.2) is 47.8 Å². The zero-order valence-electron chi connectivity index (χ0n) is 18.0. The van der Waals surface area contributed by atoms with Crippen LogP contribution in [0.5, 0.6) is 0 Å². The van der Waals surface area contributed by atoms with E-state index < -0.39 is 0 Å². The number of fused-ring (bicyclic) bond motifs is 1. The van der Waals surface area contributed by atoms with Crippen LogP contribution in [0.1, 0.15) is 41.5 Å². The van der Waals surface area contributed by atoms with Gasteiger partial charge in [-0.1, -0.05) is 6.58 Å². The number of ether oxygens (including phenoxy) is 1. The summed E-state index contributed by atoms with van der Waals surface area (Å²) in [6.07, 6.45) is 5.53. The standard InChI is InChI=1S/C24H28N4O3/c1-16(12-17(2)31-3)21-6-5-20-22(26-21)14-28(24(20)30)19-4-7-23(25-13-19)27-10-8-18(15-29)9-11-27/h4-7,12-13,18,29H,2,8-11,14-15H2,1,3H3/b16-12+. The van der Waals surface area contributed by atoms with Gasteiger partial charge in [0.05, 0.1) is 42.5 Å². The molecule has 0 bridgehead atoms. The molecule has 2 aromatic heterocycles. The van der Waals surface area contributed by atoms with Gasteiger partial charge in [0.1, 0.15) is 11.6 Å². The Morgan fingerprint density at radius 2 is 2.06 bits per heavy atom. The van der Waals surface area contributed by atoms with Crippen molar-refractivity contribution in [2.24, 2.45) is 5.92 Å². The molecule has 0 aliphatic carbocycles. The lowest BCUT2D eigenvalue weighted by Gasteiger charge is -2.32. The van der Waals surface area contributed by atoms with E-state index in [-0.39, 0.29) is 12.5 Å². The molecular weight excluding hydrogens is 392 g/mol. The number of aliphatic hydroxyl groups excluding tert-OH is 1. The Morgan fingerprint density at radius 1 is 1.29 bits per heavy atom. The number of carbonyl (C=O) groups is 1. The zero-order chi connectivity index (χ0) is 22.0. The van der Waals surface area contributed by atoms with Gasteiger partial charge in [-0.25, -0.2) is 4.98 Å². The minimum atomic E-state index is -0.0599. The monoisotopic (exact) mass is 420 g/mol.